The molecule has 0 radical (unpaired) electrons. The van der Waals surface area contributed by atoms with Crippen LogP contribution in [0.3, 0.4) is 0 Å². The molecule has 0 aliphatic carbocycles. The van der Waals surface area contributed by atoms with Crippen LogP contribution < -0.4 is 5.32 Å². The average Bonchev–Trinajstić information content (AvgIpc) is 2.82. The van der Waals surface area contributed by atoms with Crippen LogP contribution in [-0.2, 0) is 0 Å². The van der Waals surface area contributed by atoms with E-state index in [4.69, 9.17) is 11.6 Å². The second kappa shape index (κ2) is 4.97. The van der Waals surface area contributed by atoms with E-state index in [-0.39, 0.29) is 0 Å². The van der Waals surface area contributed by atoms with Gasteiger partial charge in [-0.2, -0.15) is 5.26 Å². The molecule has 100 valence electrons. The molecule has 0 aromatic heterocycles. The summed E-state index contributed by atoms with van der Waals surface area (Å²) in [6, 6.07) is 8.28. The van der Waals surface area contributed by atoms with Crippen LogP contribution in [0.1, 0.15) is 12.8 Å². The van der Waals surface area contributed by atoms with Gasteiger partial charge in [0.25, 0.3) is 0 Å². The monoisotopic (exact) mass is 339 g/mol. The predicted molar refractivity (Wildman–Crippen MR) is 80.3 cm³/mol. The van der Waals surface area contributed by atoms with Crippen molar-refractivity contribution in [3.8, 4) is 6.07 Å². The molecule has 1 aromatic carbocycles. The minimum absolute atomic E-state index is 0.417. The highest BCUT2D eigenvalue weighted by atomic mass is 79.9. The van der Waals surface area contributed by atoms with Crippen LogP contribution in [0.4, 0.5) is 5.69 Å². The lowest BCUT2D eigenvalue weighted by atomic mass is 9.80. The lowest BCUT2D eigenvalue weighted by Crippen LogP contribution is -2.50. The van der Waals surface area contributed by atoms with Crippen LogP contribution in [0, 0.1) is 17.2 Å². The van der Waals surface area contributed by atoms with E-state index in [1.807, 2.05) is 18.2 Å². The van der Waals surface area contributed by atoms with E-state index >= 15 is 0 Å². The van der Waals surface area contributed by atoms with Gasteiger partial charge in [0, 0.05) is 29.2 Å². The first-order valence-electron chi connectivity index (χ1n) is 6.50. The Hall–Kier alpha value is -0.760. The summed E-state index contributed by atoms with van der Waals surface area (Å²) in [6.07, 6.45) is 1.99. The Kier molecular flexibility index (Phi) is 3.46. The minimum Gasteiger partial charge on any atom is -0.367 e. The molecule has 5 heteroatoms. The SMILES string of the molecule is N#CC1(Nc2ccc(Cl)c(Br)c2)CCN2CCC1C2. The molecular weight excluding hydrogens is 326 g/mol. The topological polar surface area (TPSA) is 39.1 Å². The Morgan fingerprint density at radius 2 is 2.32 bits per heavy atom. The zero-order valence-corrected chi connectivity index (χ0v) is 12.8. The van der Waals surface area contributed by atoms with Gasteiger partial charge in [-0.15, -0.1) is 0 Å². The molecule has 1 aromatic rings. The molecule has 2 bridgehead atoms. The second-order valence-corrected chi connectivity index (χ2v) is 6.63. The fraction of sp³-hybridized carbons (Fsp3) is 0.500. The Morgan fingerprint density at radius 3 is 3.05 bits per heavy atom. The van der Waals surface area contributed by atoms with E-state index in [9.17, 15) is 5.26 Å². The highest BCUT2D eigenvalue weighted by molar-refractivity contribution is 9.10. The number of nitrogens with one attached hydrogen (secondary N) is 1. The molecule has 19 heavy (non-hydrogen) atoms. The summed E-state index contributed by atoms with van der Waals surface area (Å²) in [5.41, 5.74) is 0.526. The summed E-state index contributed by atoms with van der Waals surface area (Å²) in [7, 11) is 0. The molecule has 2 fully saturated rings. The summed E-state index contributed by atoms with van der Waals surface area (Å²) in [6.45, 7) is 3.17. The van der Waals surface area contributed by atoms with Gasteiger partial charge in [-0.3, -0.25) is 0 Å². The van der Waals surface area contributed by atoms with Crippen molar-refractivity contribution in [1.82, 2.24) is 4.90 Å². The van der Waals surface area contributed by atoms with Gasteiger partial charge in [0.1, 0.15) is 5.54 Å². The van der Waals surface area contributed by atoms with Gasteiger partial charge in [0.05, 0.1) is 11.1 Å². The number of halogens is 2. The molecule has 3 nitrogen and oxygen atoms in total. The van der Waals surface area contributed by atoms with E-state index in [0.717, 1.165) is 42.6 Å². The number of rotatable bonds is 2. The standard InChI is InChI=1S/C14H15BrClN3/c15-12-7-11(1-2-13(12)16)18-14(9-17)4-6-19-5-3-10(14)8-19/h1-2,7,10,18H,3-6,8H2. The highest BCUT2D eigenvalue weighted by Gasteiger charge is 2.46. The Morgan fingerprint density at radius 1 is 1.47 bits per heavy atom. The van der Waals surface area contributed by atoms with Gasteiger partial charge in [-0.25, -0.2) is 0 Å². The first kappa shape index (κ1) is 13.2. The maximum atomic E-state index is 9.68. The second-order valence-electron chi connectivity index (χ2n) is 5.37. The fourth-order valence-corrected chi connectivity index (χ4v) is 3.64. The molecule has 0 amide bonds. The molecular formula is C14H15BrClN3. The fourth-order valence-electron chi connectivity index (χ4n) is 3.15. The quantitative estimate of drug-likeness (QED) is 0.895. The Balaban J connectivity index is 1.87. The number of hydrogen-bond acceptors (Lipinski definition) is 3. The van der Waals surface area contributed by atoms with Crippen LogP contribution in [0.5, 0.6) is 0 Å². The number of nitriles is 1. The van der Waals surface area contributed by atoms with Crippen molar-refractivity contribution >= 4 is 33.2 Å². The van der Waals surface area contributed by atoms with Crippen LogP contribution in [0.2, 0.25) is 5.02 Å². The number of piperidine rings is 1. The van der Waals surface area contributed by atoms with E-state index in [2.05, 4.69) is 32.2 Å². The van der Waals surface area contributed by atoms with Crippen molar-refractivity contribution in [2.24, 2.45) is 5.92 Å². The van der Waals surface area contributed by atoms with Gasteiger partial charge >= 0.3 is 0 Å². The summed E-state index contributed by atoms with van der Waals surface area (Å²) in [5.74, 6) is 0.417. The van der Waals surface area contributed by atoms with E-state index in [1.54, 1.807) is 0 Å². The molecule has 3 atom stereocenters. The van der Waals surface area contributed by atoms with E-state index < -0.39 is 5.54 Å². The molecule has 2 aliphatic rings. The molecule has 0 saturated carbocycles. The summed E-state index contributed by atoms with van der Waals surface area (Å²) in [4.78, 5) is 2.44. The number of hydrogen-bond donors (Lipinski definition) is 1. The molecule has 2 saturated heterocycles. The van der Waals surface area contributed by atoms with Crippen LogP contribution >= 0.6 is 27.5 Å². The molecule has 1 N–H and O–H groups in total. The molecule has 2 aliphatic heterocycles. The maximum Gasteiger partial charge on any atom is 0.130 e. The van der Waals surface area contributed by atoms with Crippen LogP contribution in [-0.4, -0.2) is 30.1 Å². The molecule has 3 unspecified atom stereocenters. The van der Waals surface area contributed by atoms with Gasteiger partial charge in [-0.1, -0.05) is 11.6 Å². The third kappa shape index (κ3) is 2.35. The highest BCUT2D eigenvalue weighted by Crippen LogP contribution is 2.38. The Labute approximate surface area is 126 Å². The first-order chi connectivity index (χ1) is 9.13. The van der Waals surface area contributed by atoms with Gasteiger partial charge in [-0.05, 0) is 53.5 Å². The maximum absolute atomic E-state index is 9.68. The number of benzene rings is 1. The van der Waals surface area contributed by atoms with Gasteiger partial charge < -0.3 is 10.2 Å². The largest absolute Gasteiger partial charge is 0.367 e. The summed E-state index contributed by atoms with van der Waals surface area (Å²) >= 11 is 9.44. The van der Waals surface area contributed by atoms with Gasteiger partial charge in [0.15, 0.2) is 0 Å². The molecule has 2 heterocycles. The lowest BCUT2D eigenvalue weighted by Gasteiger charge is -2.39. The zero-order chi connectivity index (χ0) is 13.5. The smallest absolute Gasteiger partial charge is 0.130 e. The third-order valence-electron chi connectivity index (χ3n) is 4.28. The normalized spacial score (nSPS) is 32.9. The zero-order valence-electron chi connectivity index (χ0n) is 10.5. The minimum atomic E-state index is -0.430. The molecule has 3 rings (SSSR count). The van der Waals surface area contributed by atoms with E-state index in [1.165, 1.54) is 0 Å². The van der Waals surface area contributed by atoms with Crippen molar-refractivity contribution in [1.29, 1.82) is 5.26 Å². The average molecular weight is 341 g/mol. The van der Waals surface area contributed by atoms with Gasteiger partial charge in [0.2, 0.25) is 0 Å². The number of nitrogens with zero attached hydrogens (tertiary/aromatic N) is 2. The van der Waals surface area contributed by atoms with E-state index in [0.29, 0.717) is 10.9 Å². The van der Waals surface area contributed by atoms with Crippen molar-refractivity contribution in [3.05, 3.63) is 27.7 Å². The van der Waals surface area contributed by atoms with Crippen LogP contribution in [0.25, 0.3) is 0 Å². The number of anilines is 1. The van der Waals surface area contributed by atoms with Crippen molar-refractivity contribution < 1.29 is 0 Å². The predicted octanol–water partition coefficient (Wildman–Crippen LogP) is 3.50. The summed E-state index contributed by atoms with van der Waals surface area (Å²) in [5, 5.41) is 13.8. The van der Waals surface area contributed by atoms with Crippen molar-refractivity contribution in [2.75, 3.05) is 25.0 Å². The Bertz CT molecular complexity index is 542. The van der Waals surface area contributed by atoms with Crippen LogP contribution in [0.15, 0.2) is 22.7 Å². The summed E-state index contributed by atoms with van der Waals surface area (Å²) < 4.78 is 0.858. The number of fused-ring (bicyclic) bond motifs is 2. The molecule has 0 spiro atoms. The first-order valence-corrected chi connectivity index (χ1v) is 7.67. The lowest BCUT2D eigenvalue weighted by molar-refractivity contribution is 0.221. The van der Waals surface area contributed by atoms with Crippen molar-refractivity contribution in [2.45, 2.75) is 18.4 Å². The van der Waals surface area contributed by atoms with Crippen molar-refractivity contribution in [3.63, 3.8) is 0 Å². The third-order valence-corrected chi connectivity index (χ3v) is 5.49.